The van der Waals surface area contributed by atoms with Gasteiger partial charge in [0.1, 0.15) is 17.1 Å². The maximum atomic E-state index is 14.8. The van der Waals surface area contributed by atoms with Crippen molar-refractivity contribution in [1.29, 1.82) is 0 Å². The summed E-state index contributed by atoms with van der Waals surface area (Å²) in [6.45, 7) is 5.05. The highest BCUT2D eigenvalue weighted by Crippen LogP contribution is 2.47. The Morgan fingerprint density at radius 2 is 1.93 bits per heavy atom. The van der Waals surface area contributed by atoms with Crippen LogP contribution in [-0.2, 0) is 10.3 Å². The molecule has 0 aliphatic carbocycles. The van der Waals surface area contributed by atoms with Crippen LogP contribution in [0.1, 0.15) is 36.8 Å². The van der Waals surface area contributed by atoms with Gasteiger partial charge in [-0.3, -0.25) is 19.5 Å². The van der Waals surface area contributed by atoms with Crippen LogP contribution in [0.2, 0.25) is 0 Å². The van der Waals surface area contributed by atoms with Crippen molar-refractivity contribution in [1.82, 2.24) is 9.88 Å². The third-order valence-corrected chi connectivity index (χ3v) is 5.38. The number of carbonyl (C=O) groups excluding carboxylic acids is 2. The van der Waals surface area contributed by atoms with Crippen LogP contribution in [-0.4, -0.2) is 34.7 Å². The Morgan fingerprint density at radius 3 is 2.57 bits per heavy atom. The molecule has 3 rings (SSSR count). The SMILES string of the molecule is CN1C(=O)C(C)(C)[C@@](C)(c2cc(NC(=O)c3ccccn3)ccc2F)N=C1N. The smallest absolute Gasteiger partial charge is 0.274 e. The Hall–Kier alpha value is -3.29. The molecule has 28 heavy (non-hydrogen) atoms. The molecule has 1 aliphatic heterocycles. The third-order valence-electron chi connectivity index (χ3n) is 5.38. The van der Waals surface area contributed by atoms with Gasteiger partial charge in [-0.15, -0.1) is 0 Å². The van der Waals surface area contributed by atoms with E-state index in [4.69, 9.17) is 5.73 Å². The largest absolute Gasteiger partial charge is 0.369 e. The molecule has 2 amide bonds. The number of anilines is 1. The number of benzene rings is 1. The van der Waals surface area contributed by atoms with Crippen molar-refractivity contribution in [3.8, 4) is 0 Å². The summed E-state index contributed by atoms with van der Waals surface area (Å²) in [5.41, 5.74) is 4.35. The van der Waals surface area contributed by atoms with E-state index in [1.54, 1.807) is 39.0 Å². The fourth-order valence-electron chi connectivity index (χ4n) is 3.24. The van der Waals surface area contributed by atoms with Crippen LogP contribution in [0.5, 0.6) is 0 Å². The maximum absolute atomic E-state index is 14.8. The van der Waals surface area contributed by atoms with Crippen LogP contribution in [0.3, 0.4) is 0 Å². The molecule has 3 N–H and O–H groups in total. The molecule has 2 aromatic rings. The van der Waals surface area contributed by atoms with Crippen molar-refractivity contribution < 1.29 is 14.0 Å². The Morgan fingerprint density at radius 1 is 1.21 bits per heavy atom. The lowest BCUT2D eigenvalue weighted by molar-refractivity contribution is -0.140. The van der Waals surface area contributed by atoms with Gasteiger partial charge in [-0.25, -0.2) is 9.38 Å². The number of carbonyl (C=O) groups is 2. The Labute approximate surface area is 162 Å². The fraction of sp³-hybridized carbons (Fsp3) is 0.300. The highest BCUT2D eigenvalue weighted by molar-refractivity contribution is 6.03. The average Bonchev–Trinajstić information content (AvgIpc) is 2.67. The summed E-state index contributed by atoms with van der Waals surface area (Å²) < 4.78 is 14.8. The number of guanidine groups is 1. The monoisotopic (exact) mass is 383 g/mol. The first-order valence-corrected chi connectivity index (χ1v) is 8.74. The highest BCUT2D eigenvalue weighted by Gasteiger charge is 2.53. The Balaban J connectivity index is 2.04. The van der Waals surface area contributed by atoms with E-state index < -0.39 is 22.7 Å². The minimum atomic E-state index is -1.25. The van der Waals surface area contributed by atoms with Crippen LogP contribution < -0.4 is 11.1 Å². The molecule has 2 heterocycles. The number of pyridine rings is 1. The first kappa shape index (κ1) is 19.5. The number of nitrogens with two attached hydrogens (primary N) is 1. The van der Waals surface area contributed by atoms with Crippen LogP contribution in [0.15, 0.2) is 47.6 Å². The number of hydrogen-bond acceptors (Lipinski definition) is 5. The third kappa shape index (κ3) is 3.00. The summed E-state index contributed by atoms with van der Waals surface area (Å²) in [4.78, 5) is 34.8. The standard InChI is InChI=1S/C20H22FN5O2/c1-19(2)17(28)26(4)18(22)25-20(19,3)13-11-12(8-9-14(13)21)24-16(27)15-7-5-6-10-23-15/h5-11H,1-4H3,(H2,22,25)(H,24,27)/t20-/m1/s1. The number of rotatable bonds is 3. The van der Waals surface area contributed by atoms with Gasteiger partial charge in [0.25, 0.3) is 5.91 Å². The van der Waals surface area contributed by atoms with Crippen molar-refractivity contribution >= 4 is 23.5 Å². The summed E-state index contributed by atoms with van der Waals surface area (Å²) in [5, 5.41) is 2.70. The Kier molecular flexibility index (Phi) is 4.66. The van der Waals surface area contributed by atoms with Gasteiger partial charge in [-0.1, -0.05) is 6.07 Å². The van der Waals surface area contributed by atoms with Crippen LogP contribution in [0.4, 0.5) is 10.1 Å². The molecule has 0 saturated carbocycles. The lowest BCUT2D eigenvalue weighted by atomic mass is 9.67. The highest BCUT2D eigenvalue weighted by atomic mass is 19.1. The second-order valence-electron chi connectivity index (χ2n) is 7.40. The summed E-state index contributed by atoms with van der Waals surface area (Å²) in [6.07, 6.45) is 1.51. The quantitative estimate of drug-likeness (QED) is 0.850. The summed E-state index contributed by atoms with van der Waals surface area (Å²) >= 11 is 0. The molecule has 7 nitrogen and oxygen atoms in total. The maximum Gasteiger partial charge on any atom is 0.274 e. The van der Waals surface area contributed by atoms with Crippen molar-refractivity contribution in [2.24, 2.45) is 16.1 Å². The molecule has 0 bridgehead atoms. The van der Waals surface area contributed by atoms with Gasteiger partial charge in [0, 0.05) is 24.5 Å². The van der Waals surface area contributed by atoms with Crippen LogP contribution >= 0.6 is 0 Å². The number of nitrogens with zero attached hydrogens (tertiary/aromatic N) is 3. The van der Waals surface area contributed by atoms with Gasteiger partial charge >= 0.3 is 0 Å². The number of halogens is 1. The normalized spacial score (nSPS) is 21.2. The van der Waals surface area contributed by atoms with E-state index in [-0.39, 0.29) is 23.1 Å². The number of aromatic nitrogens is 1. The van der Waals surface area contributed by atoms with E-state index in [1.165, 1.54) is 36.3 Å². The molecule has 0 spiro atoms. The first-order valence-electron chi connectivity index (χ1n) is 8.74. The van der Waals surface area contributed by atoms with E-state index in [0.29, 0.717) is 5.69 Å². The molecular weight excluding hydrogens is 361 g/mol. The van der Waals surface area contributed by atoms with Crippen molar-refractivity contribution in [3.63, 3.8) is 0 Å². The van der Waals surface area contributed by atoms with Gasteiger partial charge in [0.15, 0.2) is 5.96 Å². The van der Waals surface area contributed by atoms with Gasteiger partial charge < -0.3 is 11.1 Å². The van der Waals surface area contributed by atoms with Crippen molar-refractivity contribution in [2.45, 2.75) is 26.3 Å². The van der Waals surface area contributed by atoms with Crippen LogP contribution in [0, 0.1) is 11.2 Å². The predicted octanol–water partition coefficient (Wildman–Crippen LogP) is 2.50. The van der Waals surface area contributed by atoms with Gasteiger partial charge in [-0.2, -0.15) is 0 Å². The zero-order valence-corrected chi connectivity index (χ0v) is 16.2. The number of nitrogens with one attached hydrogen (secondary N) is 1. The molecule has 0 unspecified atom stereocenters. The van der Waals surface area contributed by atoms with E-state index >= 15 is 0 Å². The average molecular weight is 383 g/mol. The van der Waals surface area contributed by atoms with E-state index in [9.17, 15) is 14.0 Å². The van der Waals surface area contributed by atoms with E-state index in [2.05, 4.69) is 15.3 Å². The summed E-state index contributed by atoms with van der Waals surface area (Å²) in [7, 11) is 1.53. The van der Waals surface area contributed by atoms with Crippen molar-refractivity contribution in [3.05, 3.63) is 59.7 Å². The molecule has 0 fully saturated rings. The topological polar surface area (TPSA) is 101 Å². The predicted molar refractivity (Wildman–Crippen MR) is 104 cm³/mol. The van der Waals surface area contributed by atoms with Crippen LogP contribution in [0.25, 0.3) is 0 Å². The molecule has 1 aliphatic rings. The van der Waals surface area contributed by atoms with Gasteiger partial charge in [-0.05, 0) is 51.1 Å². The van der Waals surface area contributed by atoms with E-state index in [0.717, 1.165) is 0 Å². The molecule has 146 valence electrons. The summed E-state index contributed by atoms with van der Waals surface area (Å²) in [5.74, 6) is -1.23. The zero-order valence-electron chi connectivity index (χ0n) is 16.2. The molecule has 1 atom stereocenters. The minimum Gasteiger partial charge on any atom is -0.369 e. The molecule has 1 aromatic heterocycles. The minimum absolute atomic E-state index is 0.00847. The first-order chi connectivity index (χ1) is 13.1. The molecule has 0 saturated heterocycles. The lowest BCUT2D eigenvalue weighted by Gasteiger charge is -2.46. The molecule has 1 aromatic carbocycles. The number of hydrogen-bond donors (Lipinski definition) is 2. The van der Waals surface area contributed by atoms with Gasteiger partial charge in [0.05, 0.1) is 5.41 Å². The fourth-order valence-corrected chi connectivity index (χ4v) is 3.24. The summed E-state index contributed by atoms with van der Waals surface area (Å²) in [6, 6.07) is 9.13. The van der Waals surface area contributed by atoms with E-state index in [1.807, 2.05) is 0 Å². The Bertz CT molecular complexity index is 974. The second-order valence-corrected chi connectivity index (χ2v) is 7.40. The van der Waals surface area contributed by atoms with Gasteiger partial charge in [0.2, 0.25) is 5.91 Å². The molecular formula is C20H22FN5O2. The lowest BCUT2D eigenvalue weighted by Crippen LogP contribution is -2.58. The number of aliphatic imine (C=N–C) groups is 1. The molecule has 0 radical (unpaired) electrons. The van der Waals surface area contributed by atoms with Crippen molar-refractivity contribution in [2.75, 3.05) is 12.4 Å². The zero-order chi connectivity index (χ0) is 20.7. The number of amides is 2. The second kappa shape index (κ2) is 6.70. The molecule has 8 heteroatoms.